The summed E-state index contributed by atoms with van der Waals surface area (Å²) in [5.74, 6) is -1.15. The van der Waals surface area contributed by atoms with E-state index in [4.69, 9.17) is 5.26 Å². The van der Waals surface area contributed by atoms with Crippen molar-refractivity contribution in [3.63, 3.8) is 0 Å². The van der Waals surface area contributed by atoms with Crippen molar-refractivity contribution in [1.82, 2.24) is 5.32 Å². The second-order valence-corrected chi connectivity index (χ2v) is 5.09. The fourth-order valence-electron chi connectivity index (χ4n) is 2.13. The van der Waals surface area contributed by atoms with Crippen LogP contribution in [0.25, 0.3) is 0 Å². The number of hydrogen-bond acceptors (Lipinski definition) is 3. The summed E-state index contributed by atoms with van der Waals surface area (Å²) in [6.45, 7) is 0.191. The summed E-state index contributed by atoms with van der Waals surface area (Å²) in [6.07, 6.45) is -0.302. The van der Waals surface area contributed by atoms with Crippen molar-refractivity contribution < 1.29 is 14.0 Å². The van der Waals surface area contributed by atoms with Gasteiger partial charge in [0.15, 0.2) is 0 Å². The molecule has 2 amide bonds. The smallest absolute Gasteiger partial charge is 0.238 e. The quantitative estimate of drug-likeness (QED) is 0.856. The first-order valence-corrected chi connectivity index (χ1v) is 7.35. The standard InChI is InChI=1S/C18H16FN3O2/c19-15-7-3-1-5-13(15)11-18(24)21-12-14-6-2-4-8-16(14)22-17(23)9-10-20/h1-8H,9,11-12H2,(H,21,24)(H,22,23). The third-order valence-electron chi connectivity index (χ3n) is 3.32. The van der Waals surface area contributed by atoms with E-state index in [0.29, 0.717) is 16.8 Å². The van der Waals surface area contributed by atoms with E-state index >= 15 is 0 Å². The molecule has 0 heterocycles. The van der Waals surface area contributed by atoms with Crippen LogP contribution in [0.5, 0.6) is 0 Å². The number of para-hydroxylation sites is 1. The molecule has 2 N–H and O–H groups in total. The molecule has 0 aliphatic heterocycles. The van der Waals surface area contributed by atoms with Gasteiger partial charge in [-0.1, -0.05) is 36.4 Å². The van der Waals surface area contributed by atoms with Gasteiger partial charge in [-0.2, -0.15) is 5.26 Å². The number of nitrogens with zero attached hydrogens (tertiary/aromatic N) is 1. The molecule has 0 atom stereocenters. The summed E-state index contributed by atoms with van der Waals surface area (Å²) in [4.78, 5) is 23.5. The number of benzene rings is 2. The molecule has 0 aromatic heterocycles. The van der Waals surface area contributed by atoms with Crippen LogP contribution in [-0.4, -0.2) is 11.8 Å². The third-order valence-corrected chi connectivity index (χ3v) is 3.32. The van der Waals surface area contributed by atoms with E-state index in [1.54, 1.807) is 48.5 Å². The van der Waals surface area contributed by atoms with Gasteiger partial charge in [0, 0.05) is 12.2 Å². The molecule has 2 aromatic carbocycles. The average molecular weight is 325 g/mol. The van der Waals surface area contributed by atoms with Gasteiger partial charge in [0.05, 0.1) is 12.5 Å². The Hall–Kier alpha value is -3.20. The zero-order chi connectivity index (χ0) is 17.4. The Labute approximate surface area is 139 Å². The van der Waals surface area contributed by atoms with Crippen LogP contribution >= 0.6 is 0 Å². The lowest BCUT2D eigenvalue weighted by atomic mass is 10.1. The highest BCUT2D eigenvalue weighted by atomic mass is 19.1. The lowest BCUT2D eigenvalue weighted by Gasteiger charge is -2.11. The van der Waals surface area contributed by atoms with Crippen LogP contribution in [0.2, 0.25) is 0 Å². The molecular formula is C18H16FN3O2. The molecule has 122 valence electrons. The van der Waals surface area contributed by atoms with Crippen molar-refractivity contribution in [1.29, 1.82) is 5.26 Å². The van der Waals surface area contributed by atoms with E-state index in [-0.39, 0.29) is 25.3 Å². The molecule has 0 radical (unpaired) electrons. The minimum Gasteiger partial charge on any atom is -0.352 e. The Kier molecular flexibility index (Phi) is 6.03. The van der Waals surface area contributed by atoms with Crippen molar-refractivity contribution in [3.8, 4) is 6.07 Å². The number of rotatable bonds is 6. The summed E-state index contributed by atoms with van der Waals surface area (Å²) < 4.78 is 13.5. The van der Waals surface area contributed by atoms with Crippen molar-refractivity contribution in [2.75, 3.05) is 5.32 Å². The highest BCUT2D eigenvalue weighted by Crippen LogP contribution is 2.15. The van der Waals surface area contributed by atoms with Gasteiger partial charge in [-0.3, -0.25) is 9.59 Å². The van der Waals surface area contributed by atoms with Crippen LogP contribution < -0.4 is 10.6 Å². The first-order chi connectivity index (χ1) is 11.6. The Morgan fingerprint density at radius 1 is 1.00 bits per heavy atom. The molecule has 0 aliphatic rings. The maximum Gasteiger partial charge on any atom is 0.238 e. The van der Waals surface area contributed by atoms with E-state index in [1.807, 2.05) is 0 Å². The number of hydrogen-bond donors (Lipinski definition) is 2. The Balaban J connectivity index is 1.97. The van der Waals surface area contributed by atoms with Gasteiger partial charge in [0.2, 0.25) is 11.8 Å². The fraction of sp³-hybridized carbons (Fsp3) is 0.167. The van der Waals surface area contributed by atoms with Gasteiger partial charge in [-0.05, 0) is 23.3 Å². The van der Waals surface area contributed by atoms with Crippen LogP contribution in [0.4, 0.5) is 10.1 Å². The van der Waals surface area contributed by atoms with Crippen molar-refractivity contribution in [2.45, 2.75) is 19.4 Å². The van der Waals surface area contributed by atoms with Gasteiger partial charge in [-0.25, -0.2) is 4.39 Å². The van der Waals surface area contributed by atoms with Gasteiger partial charge in [0.1, 0.15) is 12.2 Å². The van der Waals surface area contributed by atoms with Crippen LogP contribution in [0.3, 0.4) is 0 Å². The first-order valence-electron chi connectivity index (χ1n) is 7.35. The Morgan fingerprint density at radius 2 is 1.67 bits per heavy atom. The molecule has 0 spiro atoms. The summed E-state index contributed by atoms with van der Waals surface area (Å²) >= 11 is 0. The van der Waals surface area contributed by atoms with E-state index in [2.05, 4.69) is 10.6 Å². The van der Waals surface area contributed by atoms with Crippen molar-refractivity contribution in [3.05, 3.63) is 65.5 Å². The Morgan fingerprint density at radius 3 is 2.38 bits per heavy atom. The molecule has 24 heavy (non-hydrogen) atoms. The maximum absolute atomic E-state index is 13.5. The largest absolute Gasteiger partial charge is 0.352 e. The van der Waals surface area contributed by atoms with Gasteiger partial charge in [-0.15, -0.1) is 0 Å². The van der Waals surface area contributed by atoms with Crippen LogP contribution in [0.15, 0.2) is 48.5 Å². The number of carbonyl (C=O) groups is 2. The lowest BCUT2D eigenvalue weighted by molar-refractivity contribution is -0.120. The van der Waals surface area contributed by atoms with Crippen LogP contribution in [0, 0.1) is 17.1 Å². The fourth-order valence-corrected chi connectivity index (χ4v) is 2.13. The van der Waals surface area contributed by atoms with E-state index in [9.17, 15) is 14.0 Å². The van der Waals surface area contributed by atoms with Gasteiger partial charge >= 0.3 is 0 Å². The number of anilines is 1. The highest BCUT2D eigenvalue weighted by molar-refractivity contribution is 5.92. The topological polar surface area (TPSA) is 82.0 Å². The molecule has 0 saturated heterocycles. The predicted molar refractivity (Wildman–Crippen MR) is 87.3 cm³/mol. The predicted octanol–water partition coefficient (Wildman–Crippen LogP) is 2.54. The van der Waals surface area contributed by atoms with Crippen molar-refractivity contribution >= 4 is 17.5 Å². The molecular weight excluding hydrogens is 309 g/mol. The number of carbonyl (C=O) groups excluding carboxylic acids is 2. The van der Waals surface area contributed by atoms with Crippen molar-refractivity contribution in [2.24, 2.45) is 0 Å². The number of nitriles is 1. The zero-order valence-corrected chi connectivity index (χ0v) is 12.9. The second-order valence-electron chi connectivity index (χ2n) is 5.09. The van der Waals surface area contributed by atoms with E-state index < -0.39 is 11.7 Å². The van der Waals surface area contributed by atoms with Crippen LogP contribution in [0.1, 0.15) is 17.5 Å². The monoisotopic (exact) mass is 325 g/mol. The molecule has 0 bridgehead atoms. The maximum atomic E-state index is 13.5. The molecule has 0 saturated carbocycles. The lowest BCUT2D eigenvalue weighted by Crippen LogP contribution is -2.25. The number of nitrogens with one attached hydrogen (secondary N) is 2. The molecule has 0 fully saturated rings. The molecule has 6 heteroatoms. The molecule has 0 unspecified atom stereocenters. The van der Waals surface area contributed by atoms with Gasteiger partial charge < -0.3 is 10.6 Å². The van der Waals surface area contributed by atoms with Crippen LogP contribution in [-0.2, 0) is 22.6 Å². The number of amides is 2. The third kappa shape index (κ3) is 4.92. The SMILES string of the molecule is N#CCC(=O)Nc1ccccc1CNC(=O)Cc1ccccc1F. The minimum atomic E-state index is -0.420. The molecule has 0 aliphatic carbocycles. The normalized spacial score (nSPS) is 9.83. The first kappa shape index (κ1) is 17.2. The molecule has 2 aromatic rings. The summed E-state index contributed by atoms with van der Waals surface area (Å²) in [7, 11) is 0. The Bertz CT molecular complexity index is 784. The summed E-state index contributed by atoms with van der Waals surface area (Å²) in [6, 6.07) is 14.8. The molecule has 2 rings (SSSR count). The number of halogens is 1. The van der Waals surface area contributed by atoms with Gasteiger partial charge in [0.25, 0.3) is 0 Å². The minimum absolute atomic E-state index is 0.0599. The van der Waals surface area contributed by atoms with E-state index in [1.165, 1.54) is 6.07 Å². The average Bonchev–Trinajstić information content (AvgIpc) is 2.56. The highest BCUT2D eigenvalue weighted by Gasteiger charge is 2.10. The summed E-state index contributed by atoms with van der Waals surface area (Å²) in [5, 5.41) is 13.8. The summed E-state index contributed by atoms with van der Waals surface area (Å²) in [5.41, 5.74) is 1.56. The van der Waals surface area contributed by atoms with E-state index in [0.717, 1.165) is 0 Å². The second kappa shape index (κ2) is 8.44. The molecule has 5 nitrogen and oxygen atoms in total. The zero-order valence-electron chi connectivity index (χ0n) is 12.9.